The average Bonchev–Trinajstić information content (AvgIpc) is 2.99. The highest BCUT2D eigenvalue weighted by molar-refractivity contribution is 6.13. The SMILES string of the molecule is COC(=O)c1ccc(COc2ccc3c(c2C)OC(=C(C)C)C3=O)cc1. The number of fused-ring (bicyclic) bond motifs is 1. The lowest BCUT2D eigenvalue weighted by Crippen LogP contribution is -2.02. The molecule has 0 saturated heterocycles. The van der Waals surface area contributed by atoms with Crippen LogP contribution < -0.4 is 9.47 Å². The Labute approximate surface area is 152 Å². The zero-order valence-corrected chi connectivity index (χ0v) is 15.2. The Morgan fingerprint density at radius 2 is 1.77 bits per heavy atom. The molecule has 0 unspecified atom stereocenters. The molecular formula is C21H20O5. The van der Waals surface area contributed by atoms with E-state index in [-0.39, 0.29) is 11.8 Å². The lowest BCUT2D eigenvalue weighted by Gasteiger charge is -2.12. The number of ketones is 1. The fourth-order valence-electron chi connectivity index (χ4n) is 2.76. The van der Waals surface area contributed by atoms with Gasteiger partial charge in [-0.15, -0.1) is 0 Å². The highest BCUT2D eigenvalue weighted by Crippen LogP contribution is 2.39. The molecule has 2 aromatic carbocycles. The summed E-state index contributed by atoms with van der Waals surface area (Å²) in [7, 11) is 1.35. The number of rotatable bonds is 4. The maximum Gasteiger partial charge on any atom is 0.337 e. The molecular weight excluding hydrogens is 332 g/mol. The van der Waals surface area contributed by atoms with Crippen LogP contribution in [-0.2, 0) is 11.3 Å². The molecule has 0 fully saturated rings. The Morgan fingerprint density at radius 1 is 1.08 bits per heavy atom. The Morgan fingerprint density at radius 3 is 2.38 bits per heavy atom. The molecule has 0 aromatic heterocycles. The van der Waals surface area contributed by atoms with Crippen LogP contribution in [0.4, 0.5) is 0 Å². The summed E-state index contributed by atoms with van der Waals surface area (Å²) in [6.07, 6.45) is 0. The summed E-state index contributed by atoms with van der Waals surface area (Å²) >= 11 is 0. The van der Waals surface area contributed by atoms with Crippen molar-refractivity contribution in [1.82, 2.24) is 0 Å². The number of ether oxygens (including phenoxy) is 3. The molecule has 0 aliphatic carbocycles. The molecule has 26 heavy (non-hydrogen) atoms. The lowest BCUT2D eigenvalue weighted by atomic mass is 10.1. The van der Waals surface area contributed by atoms with Crippen molar-refractivity contribution in [3.05, 3.63) is 70.0 Å². The molecule has 1 aliphatic rings. The van der Waals surface area contributed by atoms with Crippen molar-refractivity contribution in [2.24, 2.45) is 0 Å². The van der Waals surface area contributed by atoms with Gasteiger partial charge in [-0.25, -0.2) is 4.79 Å². The maximum absolute atomic E-state index is 12.3. The van der Waals surface area contributed by atoms with Crippen LogP contribution in [0.5, 0.6) is 11.5 Å². The van der Waals surface area contributed by atoms with Crippen molar-refractivity contribution >= 4 is 11.8 Å². The largest absolute Gasteiger partial charge is 0.488 e. The number of esters is 1. The first kappa shape index (κ1) is 17.7. The van der Waals surface area contributed by atoms with E-state index < -0.39 is 0 Å². The predicted molar refractivity (Wildman–Crippen MR) is 96.6 cm³/mol. The molecule has 5 heteroatoms. The van der Waals surface area contributed by atoms with Crippen LogP contribution in [-0.4, -0.2) is 18.9 Å². The van der Waals surface area contributed by atoms with E-state index in [9.17, 15) is 9.59 Å². The molecule has 0 N–H and O–H groups in total. The van der Waals surface area contributed by atoms with Crippen LogP contribution in [0.25, 0.3) is 0 Å². The van der Waals surface area contributed by atoms with Gasteiger partial charge < -0.3 is 14.2 Å². The second-order valence-corrected chi connectivity index (χ2v) is 6.30. The molecule has 1 aliphatic heterocycles. The first-order valence-electron chi connectivity index (χ1n) is 8.26. The van der Waals surface area contributed by atoms with Gasteiger partial charge in [0, 0.05) is 5.56 Å². The van der Waals surface area contributed by atoms with E-state index in [2.05, 4.69) is 4.74 Å². The summed E-state index contributed by atoms with van der Waals surface area (Å²) in [5, 5.41) is 0. The van der Waals surface area contributed by atoms with Crippen LogP contribution >= 0.6 is 0 Å². The van der Waals surface area contributed by atoms with Crippen LogP contribution in [0, 0.1) is 6.92 Å². The smallest absolute Gasteiger partial charge is 0.337 e. The molecule has 5 nitrogen and oxygen atoms in total. The molecule has 0 atom stereocenters. The molecule has 0 amide bonds. The fourth-order valence-corrected chi connectivity index (χ4v) is 2.76. The quantitative estimate of drug-likeness (QED) is 0.609. The topological polar surface area (TPSA) is 61.8 Å². The molecule has 0 saturated carbocycles. The summed E-state index contributed by atoms with van der Waals surface area (Å²) in [6, 6.07) is 10.5. The van der Waals surface area contributed by atoms with Gasteiger partial charge in [-0.05, 0) is 56.2 Å². The standard InChI is InChI=1S/C21H20O5/c1-12(2)19-18(22)16-9-10-17(13(3)20(16)26-19)25-11-14-5-7-15(8-6-14)21(23)24-4/h5-10H,11H2,1-4H3. The van der Waals surface area contributed by atoms with Crippen LogP contribution in [0.3, 0.4) is 0 Å². The van der Waals surface area contributed by atoms with E-state index in [0.29, 0.717) is 35.0 Å². The van der Waals surface area contributed by atoms with Gasteiger partial charge in [0.2, 0.25) is 5.78 Å². The highest BCUT2D eigenvalue weighted by Gasteiger charge is 2.30. The zero-order chi connectivity index (χ0) is 18.8. The van der Waals surface area contributed by atoms with Gasteiger partial charge in [-0.3, -0.25) is 4.79 Å². The minimum atomic E-state index is -0.371. The molecule has 0 spiro atoms. The third-order valence-electron chi connectivity index (χ3n) is 4.23. The van der Waals surface area contributed by atoms with Gasteiger partial charge in [-0.1, -0.05) is 12.1 Å². The highest BCUT2D eigenvalue weighted by atomic mass is 16.5. The van der Waals surface area contributed by atoms with Crippen LogP contribution in [0.2, 0.25) is 0 Å². The van der Waals surface area contributed by atoms with E-state index in [1.165, 1.54) is 7.11 Å². The number of allylic oxidation sites excluding steroid dienone is 2. The van der Waals surface area contributed by atoms with Crippen molar-refractivity contribution in [3.8, 4) is 11.5 Å². The Kier molecular flexibility index (Phi) is 4.80. The summed E-state index contributed by atoms with van der Waals surface area (Å²) in [4.78, 5) is 23.8. The van der Waals surface area contributed by atoms with Crippen molar-refractivity contribution in [2.75, 3.05) is 7.11 Å². The van der Waals surface area contributed by atoms with Gasteiger partial charge in [0.1, 0.15) is 18.1 Å². The first-order valence-corrected chi connectivity index (χ1v) is 8.26. The van der Waals surface area contributed by atoms with Crippen molar-refractivity contribution in [3.63, 3.8) is 0 Å². The van der Waals surface area contributed by atoms with E-state index in [4.69, 9.17) is 9.47 Å². The molecule has 0 radical (unpaired) electrons. The van der Waals surface area contributed by atoms with Gasteiger partial charge in [-0.2, -0.15) is 0 Å². The number of hydrogen-bond donors (Lipinski definition) is 0. The number of carbonyl (C=O) groups is 2. The van der Waals surface area contributed by atoms with Crippen molar-refractivity contribution in [1.29, 1.82) is 0 Å². The number of benzene rings is 2. The number of Topliss-reactive ketones (excluding diaryl/α,β-unsaturated/α-hetero) is 1. The monoisotopic (exact) mass is 352 g/mol. The normalized spacial score (nSPS) is 12.5. The molecule has 3 rings (SSSR count). The van der Waals surface area contributed by atoms with Crippen molar-refractivity contribution in [2.45, 2.75) is 27.4 Å². The van der Waals surface area contributed by atoms with E-state index in [1.54, 1.807) is 24.3 Å². The van der Waals surface area contributed by atoms with E-state index in [0.717, 1.165) is 16.7 Å². The number of methoxy groups -OCH3 is 1. The Hall–Kier alpha value is -3.08. The Bertz CT molecular complexity index is 903. The lowest BCUT2D eigenvalue weighted by molar-refractivity contribution is 0.0600. The summed E-state index contributed by atoms with van der Waals surface area (Å²) in [5.41, 5.74) is 3.61. The fraction of sp³-hybridized carbons (Fsp3) is 0.238. The summed E-state index contributed by atoms with van der Waals surface area (Å²) in [5.74, 6) is 1.14. The molecule has 0 bridgehead atoms. The van der Waals surface area contributed by atoms with Gasteiger partial charge in [0.15, 0.2) is 5.76 Å². The third kappa shape index (κ3) is 3.20. The molecule has 134 valence electrons. The second kappa shape index (κ2) is 7.04. The number of hydrogen-bond acceptors (Lipinski definition) is 5. The minimum absolute atomic E-state index is 0.0898. The second-order valence-electron chi connectivity index (χ2n) is 6.30. The summed E-state index contributed by atoms with van der Waals surface area (Å²) < 4.78 is 16.3. The third-order valence-corrected chi connectivity index (χ3v) is 4.23. The van der Waals surface area contributed by atoms with Gasteiger partial charge in [0.25, 0.3) is 0 Å². The molecule has 1 heterocycles. The predicted octanol–water partition coefficient (Wildman–Crippen LogP) is 4.23. The van der Waals surface area contributed by atoms with Crippen LogP contribution in [0.15, 0.2) is 47.7 Å². The first-order chi connectivity index (χ1) is 12.4. The maximum atomic E-state index is 12.3. The minimum Gasteiger partial charge on any atom is -0.488 e. The van der Waals surface area contributed by atoms with Gasteiger partial charge >= 0.3 is 5.97 Å². The number of carbonyl (C=O) groups excluding carboxylic acids is 2. The average molecular weight is 352 g/mol. The van der Waals surface area contributed by atoms with Crippen molar-refractivity contribution < 1.29 is 23.8 Å². The summed E-state index contributed by atoms with van der Waals surface area (Å²) in [6.45, 7) is 5.91. The zero-order valence-electron chi connectivity index (χ0n) is 15.2. The van der Waals surface area contributed by atoms with E-state index in [1.807, 2.05) is 32.9 Å². The molecule has 2 aromatic rings. The van der Waals surface area contributed by atoms with Gasteiger partial charge in [0.05, 0.1) is 18.2 Å². The Balaban J connectivity index is 1.77. The van der Waals surface area contributed by atoms with E-state index >= 15 is 0 Å². The van der Waals surface area contributed by atoms with Crippen LogP contribution in [0.1, 0.15) is 45.7 Å².